The first-order chi connectivity index (χ1) is 10.00. The van der Waals surface area contributed by atoms with Gasteiger partial charge in [-0.05, 0) is 54.3 Å². The molecule has 0 aromatic carbocycles. The second-order valence-electron chi connectivity index (χ2n) is 8.72. The lowest BCUT2D eigenvalue weighted by molar-refractivity contribution is -0.338. The van der Waals surface area contributed by atoms with Crippen LogP contribution in [0.3, 0.4) is 0 Å². The van der Waals surface area contributed by atoms with E-state index in [0.717, 1.165) is 25.7 Å². The Balaban J connectivity index is 1.44. The maximum absolute atomic E-state index is 13.5. The van der Waals surface area contributed by atoms with Crippen molar-refractivity contribution in [2.24, 2.45) is 28.6 Å². The Morgan fingerprint density at radius 1 is 1.09 bits per heavy atom. The molecule has 0 heterocycles. The van der Waals surface area contributed by atoms with Crippen LogP contribution in [0.1, 0.15) is 39.5 Å². The van der Waals surface area contributed by atoms with Crippen LogP contribution in [0.15, 0.2) is 0 Å². The molecule has 0 aromatic rings. The van der Waals surface area contributed by atoms with Gasteiger partial charge in [0.2, 0.25) is 0 Å². The van der Waals surface area contributed by atoms with Gasteiger partial charge in [0, 0.05) is 0 Å². The van der Waals surface area contributed by atoms with Crippen molar-refractivity contribution in [3.8, 4) is 0 Å². The number of ether oxygens (including phenoxy) is 1. The predicted molar refractivity (Wildman–Crippen MR) is 70.8 cm³/mol. The number of alkyl halides is 4. The maximum Gasteiger partial charge on any atom is 0.335 e. The van der Waals surface area contributed by atoms with Crippen molar-refractivity contribution in [3.63, 3.8) is 0 Å². The van der Waals surface area contributed by atoms with Crippen LogP contribution in [0.5, 0.6) is 0 Å². The summed E-state index contributed by atoms with van der Waals surface area (Å²) in [5.74, 6) is -7.32. The summed E-state index contributed by atoms with van der Waals surface area (Å²) in [7, 11) is 0. The van der Waals surface area contributed by atoms with Crippen molar-refractivity contribution in [2.45, 2.75) is 57.0 Å². The quantitative estimate of drug-likeness (QED) is 0.785. The zero-order valence-corrected chi connectivity index (χ0v) is 12.8. The number of aliphatic hydroxyl groups excluding tert-OH is 1. The summed E-state index contributed by atoms with van der Waals surface area (Å²) in [5, 5.41) is 8.45. The minimum absolute atomic E-state index is 0.249. The average molecular weight is 322 g/mol. The van der Waals surface area contributed by atoms with E-state index in [0.29, 0.717) is 17.3 Å². The standard InChI is InChI=1S/C16H22F4O2/c1-12(2)3-9-4-14(6-13(11(9)14)5-10(12)13)22-8-16(19,20)15(17,18)7-21/h9-11,21H,3-8H2,1-2H3. The highest BCUT2D eigenvalue weighted by Gasteiger charge is 2.85. The van der Waals surface area contributed by atoms with Crippen LogP contribution in [-0.2, 0) is 4.74 Å². The summed E-state index contributed by atoms with van der Waals surface area (Å²) in [4.78, 5) is 0. The van der Waals surface area contributed by atoms with E-state index in [4.69, 9.17) is 9.84 Å². The van der Waals surface area contributed by atoms with Crippen LogP contribution in [-0.4, -0.2) is 35.8 Å². The predicted octanol–water partition coefficient (Wildman–Crippen LogP) is 3.48. The smallest absolute Gasteiger partial charge is 0.335 e. The molecule has 126 valence electrons. The summed E-state index contributed by atoms with van der Waals surface area (Å²) < 4.78 is 58.6. The van der Waals surface area contributed by atoms with Crippen LogP contribution >= 0.6 is 0 Å². The summed E-state index contributed by atoms with van der Waals surface area (Å²) in [6.45, 7) is 1.39. The molecule has 2 nitrogen and oxygen atoms in total. The lowest BCUT2D eigenvalue weighted by Gasteiger charge is -2.72. The van der Waals surface area contributed by atoms with Gasteiger partial charge in [-0.15, -0.1) is 0 Å². The van der Waals surface area contributed by atoms with E-state index in [-0.39, 0.29) is 11.3 Å². The highest BCUT2D eigenvalue weighted by Crippen LogP contribution is 2.87. The van der Waals surface area contributed by atoms with Crippen molar-refractivity contribution in [3.05, 3.63) is 0 Å². The minimum atomic E-state index is -4.43. The van der Waals surface area contributed by atoms with E-state index in [2.05, 4.69) is 13.8 Å². The van der Waals surface area contributed by atoms with Crippen molar-refractivity contribution < 1.29 is 27.4 Å². The molecule has 4 saturated carbocycles. The monoisotopic (exact) mass is 322 g/mol. The molecule has 1 N–H and O–H groups in total. The Hall–Kier alpha value is -0.360. The zero-order chi connectivity index (χ0) is 16.2. The molecule has 6 heteroatoms. The van der Waals surface area contributed by atoms with Crippen molar-refractivity contribution in [1.82, 2.24) is 0 Å². The third-order valence-corrected chi connectivity index (χ3v) is 7.02. The number of hydrogen-bond acceptors (Lipinski definition) is 2. The second-order valence-corrected chi connectivity index (χ2v) is 8.72. The first-order valence-corrected chi connectivity index (χ1v) is 8.00. The van der Waals surface area contributed by atoms with E-state index in [1.807, 2.05) is 0 Å². The zero-order valence-electron chi connectivity index (χ0n) is 12.8. The SMILES string of the molecule is CC1(C)CC2CC3(OCC(F)(F)C(F)(F)CO)CC4(CC14)C23. The topological polar surface area (TPSA) is 29.5 Å². The Labute approximate surface area is 127 Å². The van der Waals surface area contributed by atoms with Gasteiger partial charge in [-0.2, -0.15) is 17.6 Å². The summed E-state index contributed by atoms with van der Waals surface area (Å²) in [6.07, 6.45) is 3.68. The van der Waals surface area contributed by atoms with E-state index >= 15 is 0 Å². The van der Waals surface area contributed by atoms with Gasteiger partial charge in [0.25, 0.3) is 0 Å². The van der Waals surface area contributed by atoms with Gasteiger partial charge in [-0.1, -0.05) is 13.8 Å². The van der Waals surface area contributed by atoms with Gasteiger partial charge in [-0.25, -0.2) is 0 Å². The second kappa shape index (κ2) is 3.82. The average Bonchev–Trinajstić information content (AvgIpc) is 3.09. The summed E-state index contributed by atoms with van der Waals surface area (Å²) in [5.41, 5.74) is -0.0358. The van der Waals surface area contributed by atoms with Gasteiger partial charge in [0.05, 0.1) is 5.60 Å². The van der Waals surface area contributed by atoms with E-state index in [1.165, 1.54) is 0 Å². The van der Waals surface area contributed by atoms with Gasteiger partial charge in [0.1, 0.15) is 13.2 Å². The van der Waals surface area contributed by atoms with Gasteiger partial charge < -0.3 is 9.84 Å². The van der Waals surface area contributed by atoms with Crippen LogP contribution in [0.2, 0.25) is 0 Å². The number of rotatable bonds is 5. The third-order valence-electron chi connectivity index (χ3n) is 7.02. The van der Waals surface area contributed by atoms with Crippen molar-refractivity contribution in [1.29, 1.82) is 0 Å². The Bertz CT molecular complexity index is 520. The molecule has 5 unspecified atom stereocenters. The lowest BCUT2D eigenvalue weighted by Crippen LogP contribution is -2.72. The fourth-order valence-corrected chi connectivity index (χ4v) is 6.25. The van der Waals surface area contributed by atoms with Crippen LogP contribution in [0, 0.1) is 28.6 Å². The molecule has 0 aliphatic heterocycles. The molecule has 1 spiro atoms. The molecule has 0 saturated heterocycles. The Morgan fingerprint density at radius 2 is 1.77 bits per heavy atom. The molecule has 4 rings (SSSR count). The molecule has 0 aromatic heterocycles. The van der Waals surface area contributed by atoms with Crippen LogP contribution in [0.25, 0.3) is 0 Å². The van der Waals surface area contributed by atoms with Gasteiger partial charge in [-0.3, -0.25) is 0 Å². The summed E-state index contributed by atoms with van der Waals surface area (Å²) >= 11 is 0. The maximum atomic E-state index is 13.5. The van der Waals surface area contributed by atoms with E-state index in [1.54, 1.807) is 0 Å². The lowest BCUT2D eigenvalue weighted by atomic mass is 9.37. The largest absolute Gasteiger partial charge is 0.390 e. The fraction of sp³-hybridized carbons (Fsp3) is 1.00. The highest BCUT2D eigenvalue weighted by atomic mass is 19.3. The number of aliphatic hydroxyl groups is 1. The number of hydrogen-bond donors (Lipinski definition) is 1. The molecule has 5 atom stereocenters. The van der Waals surface area contributed by atoms with Crippen molar-refractivity contribution in [2.75, 3.05) is 13.2 Å². The Morgan fingerprint density at radius 3 is 2.41 bits per heavy atom. The molecule has 4 fully saturated rings. The highest BCUT2D eigenvalue weighted by molar-refractivity contribution is 5.34. The molecule has 4 aliphatic rings. The van der Waals surface area contributed by atoms with E-state index < -0.39 is 30.7 Å². The normalized spacial score (nSPS) is 47.9. The minimum Gasteiger partial charge on any atom is -0.390 e. The molecule has 4 aliphatic carbocycles. The summed E-state index contributed by atoms with van der Waals surface area (Å²) in [6, 6.07) is 0. The van der Waals surface area contributed by atoms with E-state index in [9.17, 15) is 17.6 Å². The van der Waals surface area contributed by atoms with Gasteiger partial charge in [0.15, 0.2) is 0 Å². The van der Waals surface area contributed by atoms with Crippen LogP contribution < -0.4 is 0 Å². The molecule has 22 heavy (non-hydrogen) atoms. The first kappa shape index (κ1) is 15.2. The number of halogens is 4. The fourth-order valence-electron chi connectivity index (χ4n) is 6.25. The first-order valence-electron chi connectivity index (χ1n) is 8.00. The van der Waals surface area contributed by atoms with Crippen LogP contribution in [0.4, 0.5) is 17.6 Å². The van der Waals surface area contributed by atoms with Gasteiger partial charge >= 0.3 is 11.8 Å². The Kier molecular flexibility index (Phi) is 2.64. The molecule has 0 amide bonds. The third kappa shape index (κ3) is 1.58. The molecular formula is C16H22F4O2. The molecular weight excluding hydrogens is 300 g/mol. The van der Waals surface area contributed by atoms with Crippen molar-refractivity contribution >= 4 is 0 Å². The molecule has 0 radical (unpaired) electrons. The molecule has 0 bridgehead atoms.